The lowest BCUT2D eigenvalue weighted by atomic mass is 10.1. The molecule has 3 N–H and O–H groups in total. The van der Waals surface area contributed by atoms with E-state index in [1.165, 1.54) is 5.56 Å². The average Bonchev–Trinajstić information content (AvgIpc) is 2.20. The van der Waals surface area contributed by atoms with Gasteiger partial charge in [0.25, 0.3) is 0 Å². The molecule has 1 unspecified atom stereocenters. The molecule has 0 saturated carbocycles. The van der Waals surface area contributed by atoms with Crippen LogP contribution in [0.5, 0.6) is 0 Å². The highest BCUT2D eigenvalue weighted by atomic mass is 16.6. The van der Waals surface area contributed by atoms with Crippen LogP contribution in [0.15, 0.2) is 24.3 Å². The van der Waals surface area contributed by atoms with Crippen molar-refractivity contribution < 1.29 is 9.94 Å². The minimum absolute atomic E-state index is 0.132. The third kappa shape index (κ3) is 3.10. The van der Waals surface area contributed by atoms with E-state index in [4.69, 9.17) is 5.90 Å². The molecule has 14 heavy (non-hydrogen) atoms. The van der Waals surface area contributed by atoms with Crippen LogP contribution in [0.2, 0.25) is 0 Å². The molecular formula is C11H17NO2. The van der Waals surface area contributed by atoms with Crippen molar-refractivity contribution in [3.05, 3.63) is 35.4 Å². The second-order valence-corrected chi connectivity index (χ2v) is 3.34. The van der Waals surface area contributed by atoms with Crippen LogP contribution in [0.25, 0.3) is 0 Å². The fourth-order valence-electron chi connectivity index (χ4n) is 1.38. The molecule has 0 bridgehead atoms. The van der Waals surface area contributed by atoms with Gasteiger partial charge in [-0.3, -0.25) is 0 Å². The van der Waals surface area contributed by atoms with Gasteiger partial charge < -0.3 is 9.94 Å². The lowest BCUT2D eigenvalue weighted by Crippen LogP contribution is -2.10. The van der Waals surface area contributed by atoms with Crippen molar-refractivity contribution in [3.63, 3.8) is 0 Å². The first kappa shape index (κ1) is 11.2. The molecule has 0 heterocycles. The van der Waals surface area contributed by atoms with Gasteiger partial charge in [0.2, 0.25) is 0 Å². The average molecular weight is 195 g/mol. The van der Waals surface area contributed by atoms with E-state index in [1.54, 1.807) is 0 Å². The molecule has 0 spiro atoms. The van der Waals surface area contributed by atoms with Crippen LogP contribution in [-0.2, 0) is 11.3 Å². The molecule has 78 valence electrons. The lowest BCUT2D eigenvalue weighted by Gasteiger charge is -2.09. The molecule has 1 atom stereocenters. The van der Waals surface area contributed by atoms with Gasteiger partial charge in [-0.1, -0.05) is 37.6 Å². The minimum atomic E-state index is -0.629. The van der Waals surface area contributed by atoms with Gasteiger partial charge in [-0.2, -0.15) is 0 Å². The SMILES string of the molecule is CCCc1ccc(C(O)CON)cc1. The number of hydrogen-bond acceptors (Lipinski definition) is 3. The fraction of sp³-hybridized carbons (Fsp3) is 0.455. The number of aliphatic hydroxyl groups is 1. The number of aliphatic hydroxyl groups excluding tert-OH is 1. The molecule has 0 aliphatic rings. The molecule has 0 amide bonds. The Bertz CT molecular complexity index is 258. The summed E-state index contributed by atoms with van der Waals surface area (Å²) in [5.74, 6) is 4.88. The number of rotatable bonds is 5. The molecule has 1 rings (SSSR count). The van der Waals surface area contributed by atoms with E-state index < -0.39 is 6.10 Å². The van der Waals surface area contributed by atoms with Crippen molar-refractivity contribution in [3.8, 4) is 0 Å². The summed E-state index contributed by atoms with van der Waals surface area (Å²) in [6.45, 7) is 2.28. The Morgan fingerprint density at radius 1 is 1.36 bits per heavy atom. The van der Waals surface area contributed by atoms with Crippen molar-refractivity contribution in [2.75, 3.05) is 6.61 Å². The second-order valence-electron chi connectivity index (χ2n) is 3.34. The van der Waals surface area contributed by atoms with E-state index in [-0.39, 0.29) is 6.61 Å². The van der Waals surface area contributed by atoms with Gasteiger partial charge in [-0.15, -0.1) is 0 Å². The first-order chi connectivity index (χ1) is 6.77. The van der Waals surface area contributed by atoms with Crippen LogP contribution in [-0.4, -0.2) is 11.7 Å². The van der Waals surface area contributed by atoms with Crippen LogP contribution in [0.1, 0.15) is 30.6 Å². The zero-order valence-electron chi connectivity index (χ0n) is 8.44. The Kier molecular flexibility index (Phi) is 4.59. The number of hydrogen-bond donors (Lipinski definition) is 2. The van der Waals surface area contributed by atoms with Gasteiger partial charge in [-0.05, 0) is 17.5 Å². The minimum Gasteiger partial charge on any atom is -0.386 e. The molecule has 1 aromatic rings. The molecule has 0 saturated heterocycles. The third-order valence-electron chi connectivity index (χ3n) is 2.16. The van der Waals surface area contributed by atoms with Gasteiger partial charge >= 0.3 is 0 Å². The van der Waals surface area contributed by atoms with Crippen LogP contribution >= 0.6 is 0 Å². The van der Waals surface area contributed by atoms with Crippen molar-refractivity contribution in [1.82, 2.24) is 0 Å². The van der Waals surface area contributed by atoms with Crippen molar-refractivity contribution in [2.45, 2.75) is 25.9 Å². The molecule has 3 heteroatoms. The maximum Gasteiger partial charge on any atom is 0.104 e. The summed E-state index contributed by atoms with van der Waals surface area (Å²) < 4.78 is 0. The first-order valence-corrected chi connectivity index (χ1v) is 4.86. The summed E-state index contributed by atoms with van der Waals surface area (Å²) in [5.41, 5.74) is 2.13. The van der Waals surface area contributed by atoms with Crippen molar-refractivity contribution >= 4 is 0 Å². The highest BCUT2D eigenvalue weighted by molar-refractivity contribution is 5.24. The summed E-state index contributed by atoms with van der Waals surface area (Å²) >= 11 is 0. The van der Waals surface area contributed by atoms with Crippen LogP contribution < -0.4 is 5.90 Å². The van der Waals surface area contributed by atoms with Crippen LogP contribution in [0.3, 0.4) is 0 Å². The Labute approximate surface area is 84.5 Å². The Balaban J connectivity index is 2.62. The summed E-state index contributed by atoms with van der Waals surface area (Å²) in [5, 5.41) is 9.54. The predicted octanol–water partition coefficient (Wildman–Crippen LogP) is 1.56. The fourth-order valence-corrected chi connectivity index (χ4v) is 1.38. The maximum absolute atomic E-state index is 9.54. The van der Waals surface area contributed by atoms with E-state index in [2.05, 4.69) is 11.8 Å². The standard InChI is InChI=1S/C11H17NO2/c1-2-3-9-4-6-10(7-5-9)11(13)8-14-12/h4-7,11,13H,2-3,8,12H2,1H3. The van der Waals surface area contributed by atoms with E-state index >= 15 is 0 Å². The highest BCUT2D eigenvalue weighted by Crippen LogP contribution is 2.14. The van der Waals surface area contributed by atoms with Gasteiger partial charge in [0.05, 0.1) is 6.61 Å². The van der Waals surface area contributed by atoms with Crippen LogP contribution in [0.4, 0.5) is 0 Å². The normalized spacial score (nSPS) is 12.8. The molecular weight excluding hydrogens is 178 g/mol. The van der Waals surface area contributed by atoms with E-state index in [9.17, 15) is 5.11 Å². The second kappa shape index (κ2) is 5.75. The maximum atomic E-state index is 9.54. The number of benzene rings is 1. The molecule has 0 fully saturated rings. The van der Waals surface area contributed by atoms with Crippen molar-refractivity contribution in [1.29, 1.82) is 0 Å². The smallest absolute Gasteiger partial charge is 0.104 e. The van der Waals surface area contributed by atoms with E-state index in [0.717, 1.165) is 18.4 Å². The van der Waals surface area contributed by atoms with Gasteiger partial charge in [0, 0.05) is 0 Å². The molecule has 0 radical (unpaired) electrons. The number of nitrogens with two attached hydrogens (primary N) is 1. The van der Waals surface area contributed by atoms with Crippen LogP contribution in [0, 0.1) is 0 Å². The van der Waals surface area contributed by atoms with Gasteiger partial charge in [-0.25, -0.2) is 5.90 Å². The lowest BCUT2D eigenvalue weighted by molar-refractivity contribution is 0.0359. The monoisotopic (exact) mass is 195 g/mol. The zero-order chi connectivity index (χ0) is 10.4. The first-order valence-electron chi connectivity index (χ1n) is 4.86. The largest absolute Gasteiger partial charge is 0.386 e. The zero-order valence-corrected chi connectivity index (χ0v) is 8.44. The summed E-state index contributed by atoms with van der Waals surface area (Å²) in [7, 11) is 0. The number of aryl methyl sites for hydroxylation is 1. The highest BCUT2D eigenvalue weighted by Gasteiger charge is 2.06. The molecule has 1 aromatic carbocycles. The van der Waals surface area contributed by atoms with E-state index in [0.29, 0.717) is 0 Å². The molecule has 0 aliphatic carbocycles. The topological polar surface area (TPSA) is 55.5 Å². The van der Waals surface area contributed by atoms with Gasteiger partial charge in [0.15, 0.2) is 0 Å². The summed E-state index contributed by atoms with van der Waals surface area (Å²) in [6, 6.07) is 7.88. The Morgan fingerprint density at radius 3 is 2.50 bits per heavy atom. The quantitative estimate of drug-likeness (QED) is 0.701. The van der Waals surface area contributed by atoms with Crippen molar-refractivity contribution in [2.24, 2.45) is 5.90 Å². The summed E-state index contributed by atoms with van der Waals surface area (Å²) in [4.78, 5) is 4.39. The summed E-state index contributed by atoms with van der Waals surface area (Å²) in [6.07, 6.45) is 1.58. The van der Waals surface area contributed by atoms with E-state index in [1.807, 2.05) is 24.3 Å². The molecule has 3 nitrogen and oxygen atoms in total. The Hall–Kier alpha value is -0.900. The Morgan fingerprint density at radius 2 is 2.00 bits per heavy atom. The molecule has 0 aliphatic heterocycles. The molecule has 0 aromatic heterocycles. The predicted molar refractivity (Wildman–Crippen MR) is 55.5 cm³/mol. The van der Waals surface area contributed by atoms with Gasteiger partial charge in [0.1, 0.15) is 6.10 Å². The third-order valence-corrected chi connectivity index (χ3v) is 2.16.